The van der Waals surface area contributed by atoms with Gasteiger partial charge in [-0.25, -0.2) is 0 Å². The predicted octanol–water partition coefficient (Wildman–Crippen LogP) is 1.96. The Bertz CT molecular complexity index is 2040. The maximum atomic E-state index is 12.8. The van der Waals surface area contributed by atoms with E-state index in [0.29, 0.717) is 0 Å². The van der Waals surface area contributed by atoms with Gasteiger partial charge in [-0.15, -0.1) is 0 Å². The van der Waals surface area contributed by atoms with Crippen molar-refractivity contribution in [2.24, 2.45) is 17.8 Å². The molecule has 79 heavy (non-hydrogen) atoms. The van der Waals surface area contributed by atoms with E-state index in [1.165, 1.54) is 20.3 Å². The van der Waals surface area contributed by atoms with Gasteiger partial charge in [0, 0.05) is 50.4 Å². The third kappa shape index (κ3) is 24.2. The fourth-order valence-electron chi connectivity index (χ4n) is 9.81. The maximum absolute atomic E-state index is 12.8. The molecule has 12 unspecified atom stereocenters. The third-order valence-corrected chi connectivity index (χ3v) is 14.5. The molecule has 3 heterocycles. The van der Waals surface area contributed by atoms with Crippen molar-refractivity contribution in [3.05, 3.63) is 85.1 Å². The highest BCUT2D eigenvalue weighted by Gasteiger charge is 2.51. The Kier molecular flexibility index (Phi) is 30.8. The summed E-state index contributed by atoms with van der Waals surface area (Å²) < 4.78 is 33.5. The number of esters is 3. The molecule has 448 valence electrons. The molecule has 0 aliphatic carbocycles. The first-order valence-corrected chi connectivity index (χ1v) is 27.2. The number of carbonyl (C=O) groups is 4. The van der Waals surface area contributed by atoms with E-state index in [4.69, 9.17) is 28.4 Å². The molecule has 11 N–H and O–H groups in total. The third-order valence-electron chi connectivity index (χ3n) is 14.5. The number of ether oxygens (including phenoxy) is 6. The molecule has 2 bridgehead atoms. The van der Waals surface area contributed by atoms with Crippen LogP contribution in [-0.2, 0) is 47.6 Å². The zero-order valence-corrected chi connectivity index (χ0v) is 46.3. The number of aliphatic carboxylic acids is 1. The van der Waals surface area contributed by atoms with Crippen LogP contribution in [-0.4, -0.2) is 210 Å². The number of fused-ring (bicyclic) bond motifs is 2. The topological polar surface area (TPSA) is 349 Å². The Hall–Kier alpha value is -4.50. The average molecular weight is 1120 g/mol. The molecule has 2 saturated heterocycles. The van der Waals surface area contributed by atoms with E-state index < -0.39 is 165 Å². The van der Waals surface area contributed by atoms with Crippen molar-refractivity contribution in [3.63, 3.8) is 0 Å². The number of aliphatic hydroxyl groups excluding tert-OH is 9. The molecule has 0 amide bonds. The van der Waals surface area contributed by atoms with E-state index in [-0.39, 0.29) is 64.0 Å². The molecule has 0 saturated carbocycles. The molecule has 22 nitrogen and oxygen atoms in total. The summed E-state index contributed by atoms with van der Waals surface area (Å²) in [6.45, 7) is 7.09. The molecule has 3 aliphatic heterocycles. The van der Waals surface area contributed by atoms with Crippen molar-refractivity contribution in [3.8, 4) is 0 Å². The van der Waals surface area contributed by atoms with Crippen molar-refractivity contribution in [1.29, 1.82) is 0 Å². The van der Waals surface area contributed by atoms with Crippen LogP contribution < -0.4 is 0 Å². The van der Waals surface area contributed by atoms with Gasteiger partial charge in [-0.05, 0) is 59.0 Å². The molecule has 0 spiro atoms. The van der Waals surface area contributed by atoms with Gasteiger partial charge in [-0.1, -0.05) is 98.9 Å². The van der Waals surface area contributed by atoms with Gasteiger partial charge in [-0.2, -0.15) is 0 Å². The number of cyclic esters (lactones) is 1. The van der Waals surface area contributed by atoms with Gasteiger partial charge in [0.2, 0.25) is 0 Å². The SMILES string of the molecule is COC(=O)CCCN(CCCC(=O)OC)[C@H]1C(O)C(C)O[C@@H](OC2/C=C/C=C/C=C/C=C/C=C/C=C/C=C/[C@H](C)C(O)[C@@H](C)[C@H](C)OC(=O)CC(O)CC(O)CCC(O)C(O)CC(O)CC3(O)C[C@H](O)C(C(=O)O)C(C2)O3)[C@H]1O. The van der Waals surface area contributed by atoms with Gasteiger partial charge in [0.05, 0.1) is 93.8 Å². The van der Waals surface area contributed by atoms with Gasteiger partial charge in [0.1, 0.15) is 18.1 Å². The number of rotatable bonds is 12. The van der Waals surface area contributed by atoms with Gasteiger partial charge in [-0.3, -0.25) is 24.1 Å². The number of carboxylic acid groups (broad SMARTS) is 1. The van der Waals surface area contributed by atoms with Crippen LogP contribution >= 0.6 is 0 Å². The number of nitrogens with zero attached hydrogens (tertiary/aromatic N) is 1. The Morgan fingerprint density at radius 2 is 1.18 bits per heavy atom. The number of carboxylic acids is 1. The number of hydrogen-bond donors (Lipinski definition) is 11. The van der Waals surface area contributed by atoms with E-state index in [1.54, 1.807) is 98.6 Å². The van der Waals surface area contributed by atoms with Crippen molar-refractivity contribution in [1.82, 2.24) is 4.90 Å². The predicted molar refractivity (Wildman–Crippen MR) is 287 cm³/mol. The molecule has 3 aliphatic rings. The minimum Gasteiger partial charge on any atom is -0.481 e. The molecule has 0 aromatic rings. The van der Waals surface area contributed by atoms with Gasteiger partial charge < -0.3 is 84.6 Å². The van der Waals surface area contributed by atoms with E-state index >= 15 is 0 Å². The Morgan fingerprint density at radius 1 is 0.633 bits per heavy atom. The van der Waals surface area contributed by atoms with Crippen LogP contribution in [0.5, 0.6) is 0 Å². The normalized spacial score (nSPS) is 39.4. The van der Waals surface area contributed by atoms with Crippen molar-refractivity contribution in [2.75, 3.05) is 27.3 Å². The van der Waals surface area contributed by atoms with E-state index in [1.807, 2.05) is 13.0 Å². The Balaban J connectivity index is 1.98. The summed E-state index contributed by atoms with van der Waals surface area (Å²) in [4.78, 5) is 51.3. The average Bonchev–Trinajstić information content (AvgIpc) is 3.38. The number of allylic oxidation sites excluding steroid dienone is 12. The number of aliphatic hydroxyl groups is 10. The lowest BCUT2D eigenvalue weighted by molar-refractivity contribution is -0.312. The lowest BCUT2D eigenvalue weighted by Gasteiger charge is -2.47. The van der Waals surface area contributed by atoms with E-state index in [2.05, 4.69) is 0 Å². The summed E-state index contributed by atoms with van der Waals surface area (Å²) in [6.07, 6.45) is 2.64. The minimum absolute atomic E-state index is 0.0174. The highest BCUT2D eigenvalue weighted by Crippen LogP contribution is 2.38. The molecule has 19 atom stereocenters. The molecule has 2 fully saturated rings. The molecular formula is C57H89NO21. The highest BCUT2D eigenvalue weighted by molar-refractivity contribution is 5.72. The summed E-state index contributed by atoms with van der Waals surface area (Å²) in [7, 11) is 2.50. The zero-order chi connectivity index (χ0) is 58.8. The van der Waals surface area contributed by atoms with Gasteiger partial charge in [0.15, 0.2) is 12.1 Å². The van der Waals surface area contributed by atoms with Gasteiger partial charge >= 0.3 is 23.9 Å². The molecule has 3 rings (SSSR count). The number of hydrogen-bond acceptors (Lipinski definition) is 21. The van der Waals surface area contributed by atoms with Crippen LogP contribution in [0.3, 0.4) is 0 Å². The first kappa shape index (κ1) is 68.8. The summed E-state index contributed by atoms with van der Waals surface area (Å²) in [5.74, 6) is -8.03. The van der Waals surface area contributed by atoms with Crippen LogP contribution in [0.25, 0.3) is 0 Å². The van der Waals surface area contributed by atoms with Crippen LogP contribution in [0, 0.1) is 17.8 Å². The largest absolute Gasteiger partial charge is 0.481 e. The summed E-state index contributed by atoms with van der Waals surface area (Å²) in [5.41, 5.74) is 0. The number of methoxy groups -OCH3 is 2. The lowest BCUT2D eigenvalue weighted by Crippen LogP contribution is -2.64. The second-order valence-electron chi connectivity index (χ2n) is 20.9. The molecule has 0 aromatic heterocycles. The molecule has 0 radical (unpaired) electrons. The van der Waals surface area contributed by atoms with Crippen LogP contribution in [0.1, 0.15) is 105 Å². The van der Waals surface area contributed by atoms with Crippen molar-refractivity contribution >= 4 is 23.9 Å². The second-order valence-corrected chi connectivity index (χ2v) is 20.9. The fourth-order valence-corrected chi connectivity index (χ4v) is 9.81. The number of carbonyl (C=O) groups excluding carboxylic acids is 3. The van der Waals surface area contributed by atoms with Crippen LogP contribution in [0.15, 0.2) is 85.1 Å². The first-order valence-electron chi connectivity index (χ1n) is 27.2. The molecular weight excluding hydrogens is 1030 g/mol. The monoisotopic (exact) mass is 1120 g/mol. The second kappa shape index (κ2) is 35.4. The standard InChI is InChI=1S/C57H89NO21/c1-35-21-17-15-13-11-9-7-8-10-12-14-16-18-22-42(78-56-54(70)51(53(69)38(4)77-56)58(27-19-23-47(65)74-5)28-20-24-48(66)75-6)32-46-50(55(71)72)45(64)34-57(73,79-46)33-41(61)30-44(63)43(62)26-25-39(59)29-40(60)31-49(67)76-37(3)36(2)52(35)68/h7-18,21-22,35-46,50-54,56,59-64,68-70,73H,19-20,23-34H2,1-6H3,(H,71,72)/b8-7+,11-9+,12-10+,15-13+,16-14+,21-17+,22-18+/t35-,36-,37-,38?,39?,40?,41?,42?,43?,44?,45-,46?,50?,51-,52?,53?,54-,56-,57?/m0/s1. The molecule has 22 heteroatoms. The van der Waals surface area contributed by atoms with Crippen LogP contribution in [0.2, 0.25) is 0 Å². The highest BCUT2D eigenvalue weighted by atomic mass is 16.7. The zero-order valence-electron chi connectivity index (χ0n) is 46.3. The Morgan fingerprint density at radius 3 is 1.72 bits per heavy atom. The quantitative estimate of drug-likeness (QED) is 0.0983. The van der Waals surface area contributed by atoms with E-state index in [9.17, 15) is 75.3 Å². The first-order chi connectivity index (χ1) is 37.4. The van der Waals surface area contributed by atoms with E-state index in [0.717, 1.165) is 0 Å². The fraction of sp³-hybridized carbons (Fsp3) is 0.684. The Labute approximate surface area is 463 Å². The lowest BCUT2D eigenvalue weighted by atomic mass is 9.82. The summed E-state index contributed by atoms with van der Waals surface area (Å²) in [6, 6.07) is -1.08. The van der Waals surface area contributed by atoms with Crippen molar-refractivity contribution < 1.29 is 104 Å². The summed E-state index contributed by atoms with van der Waals surface area (Å²) in [5, 5.41) is 122. The van der Waals surface area contributed by atoms with Crippen molar-refractivity contribution in [2.45, 2.75) is 202 Å². The van der Waals surface area contributed by atoms with Crippen LogP contribution in [0.4, 0.5) is 0 Å². The van der Waals surface area contributed by atoms with Gasteiger partial charge in [0.25, 0.3) is 0 Å². The maximum Gasteiger partial charge on any atom is 0.311 e. The smallest absolute Gasteiger partial charge is 0.311 e. The molecule has 0 aromatic carbocycles. The minimum atomic E-state index is -2.40. The summed E-state index contributed by atoms with van der Waals surface area (Å²) >= 11 is 0.